The first-order valence-electron chi connectivity index (χ1n) is 4.59. The van der Waals surface area contributed by atoms with Crippen molar-refractivity contribution in [2.24, 2.45) is 0 Å². The van der Waals surface area contributed by atoms with Gasteiger partial charge in [0.1, 0.15) is 0 Å². The SMILES string of the molecule is COCC(C)NC(CCO)CSC. The molecule has 80 valence electrons. The Morgan fingerprint density at radius 3 is 2.69 bits per heavy atom. The highest BCUT2D eigenvalue weighted by Crippen LogP contribution is 2.02. The van der Waals surface area contributed by atoms with Crippen LogP contribution in [0.3, 0.4) is 0 Å². The molecule has 0 aliphatic rings. The van der Waals surface area contributed by atoms with Crippen molar-refractivity contribution < 1.29 is 9.84 Å². The van der Waals surface area contributed by atoms with Gasteiger partial charge in [0.05, 0.1) is 6.61 Å². The second kappa shape index (κ2) is 8.81. The Hall–Kier alpha value is 0.230. The number of nitrogens with one attached hydrogen (secondary N) is 1. The van der Waals surface area contributed by atoms with E-state index < -0.39 is 0 Å². The van der Waals surface area contributed by atoms with E-state index in [1.807, 2.05) is 0 Å². The first kappa shape index (κ1) is 13.2. The molecule has 2 atom stereocenters. The predicted octanol–water partition coefficient (Wildman–Crippen LogP) is 0.725. The minimum absolute atomic E-state index is 0.248. The van der Waals surface area contributed by atoms with Gasteiger partial charge >= 0.3 is 0 Å². The maximum Gasteiger partial charge on any atom is 0.0613 e. The summed E-state index contributed by atoms with van der Waals surface area (Å²) in [4.78, 5) is 0. The molecule has 0 fully saturated rings. The molecule has 0 aliphatic heterocycles. The molecule has 0 heterocycles. The van der Waals surface area contributed by atoms with Gasteiger partial charge in [0, 0.05) is 31.6 Å². The molecule has 13 heavy (non-hydrogen) atoms. The summed E-state index contributed by atoms with van der Waals surface area (Å²) in [7, 11) is 1.70. The molecular weight excluding hydrogens is 186 g/mol. The van der Waals surface area contributed by atoms with E-state index in [4.69, 9.17) is 9.84 Å². The van der Waals surface area contributed by atoms with E-state index in [-0.39, 0.29) is 6.61 Å². The normalized spacial score (nSPS) is 15.7. The molecule has 2 unspecified atom stereocenters. The molecule has 0 rings (SSSR count). The third-order valence-corrected chi connectivity index (χ3v) is 2.52. The lowest BCUT2D eigenvalue weighted by atomic mass is 10.2. The van der Waals surface area contributed by atoms with E-state index in [0.717, 1.165) is 18.8 Å². The summed E-state index contributed by atoms with van der Waals surface area (Å²) < 4.78 is 5.03. The average Bonchev–Trinajstić information content (AvgIpc) is 2.05. The third kappa shape index (κ3) is 7.31. The van der Waals surface area contributed by atoms with Crippen molar-refractivity contribution in [1.29, 1.82) is 0 Å². The Balaban J connectivity index is 3.64. The summed E-state index contributed by atoms with van der Waals surface area (Å²) in [6.45, 7) is 3.06. The number of rotatable bonds is 8. The Morgan fingerprint density at radius 1 is 1.54 bits per heavy atom. The van der Waals surface area contributed by atoms with Crippen LogP contribution >= 0.6 is 11.8 Å². The molecule has 0 saturated heterocycles. The van der Waals surface area contributed by atoms with Crippen LogP contribution in [0, 0.1) is 0 Å². The monoisotopic (exact) mass is 207 g/mol. The Labute approximate surface area is 85.2 Å². The maximum absolute atomic E-state index is 8.83. The van der Waals surface area contributed by atoms with Crippen molar-refractivity contribution in [2.75, 3.05) is 32.3 Å². The van der Waals surface area contributed by atoms with Gasteiger partial charge in [-0.05, 0) is 19.6 Å². The van der Waals surface area contributed by atoms with Crippen LogP contribution in [-0.4, -0.2) is 49.5 Å². The number of thioether (sulfide) groups is 1. The number of ether oxygens (including phenoxy) is 1. The molecule has 0 saturated carbocycles. The van der Waals surface area contributed by atoms with Crippen molar-refractivity contribution in [1.82, 2.24) is 5.32 Å². The zero-order valence-corrected chi connectivity index (χ0v) is 9.56. The number of aliphatic hydroxyl groups is 1. The molecule has 0 radical (unpaired) electrons. The van der Waals surface area contributed by atoms with Gasteiger partial charge < -0.3 is 15.2 Å². The van der Waals surface area contributed by atoms with Crippen LogP contribution in [0.15, 0.2) is 0 Å². The zero-order valence-electron chi connectivity index (χ0n) is 8.75. The zero-order chi connectivity index (χ0) is 10.1. The smallest absolute Gasteiger partial charge is 0.0613 e. The second-order valence-corrected chi connectivity index (χ2v) is 4.10. The van der Waals surface area contributed by atoms with Gasteiger partial charge in [0.2, 0.25) is 0 Å². The Bertz CT molecular complexity index is 108. The molecule has 2 N–H and O–H groups in total. The highest BCUT2D eigenvalue weighted by molar-refractivity contribution is 7.98. The third-order valence-electron chi connectivity index (χ3n) is 1.78. The molecule has 0 bridgehead atoms. The lowest BCUT2D eigenvalue weighted by molar-refractivity contribution is 0.164. The van der Waals surface area contributed by atoms with Crippen LogP contribution in [0.5, 0.6) is 0 Å². The van der Waals surface area contributed by atoms with Gasteiger partial charge in [0.15, 0.2) is 0 Å². The van der Waals surface area contributed by atoms with Crippen molar-refractivity contribution >= 4 is 11.8 Å². The number of hydrogen-bond donors (Lipinski definition) is 2. The summed E-state index contributed by atoms with van der Waals surface area (Å²) in [5.41, 5.74) is 0. The predicted molar refractivity (Wildman–Crippen MR) is 58.3 cm³/mol. The van der Waals surface area contributed by atoms with Crippen molar-refractivity contribution in [3.63, 3.8) is 0 Å². The van der Waals surface area contributed by atoms with Crippen molar-refractivity contribution in [3.8, 4) is 0 Å². The van der Waals surface area contributed by atoms with Crippen LogP contribution in [0.4, 0.5) is 0 Å². The van der Waals surface area contributed by atoms with E-state index in [9.17, 15) is 0 Å². The fourth-order valence-corrected chi connectivity index (χ4v) is 1.94. The Morgan fingerprint density at radius 2 is 2.23 bits per heavy atom. The Kier molecular flexibility index (Phi) is 8.97. The van der Waals surface area contributed by atoms with Crippen LogP contribution in [0.2, 0.25) is 0 Å². The summed E-state index contributed by atoms with van der Waals surface area (Å²) in [6.07, 6.45) is 2.89. The van der Waals surface area contributed by atoms with Crippen molar-refractivity contribution in [2.45, 2.75) is 25.4 Å². The van der Waals surface area contributed by atoms with Crippen LogP contribution < -0.4 is 5.32 Å². The summed E-state index contributed by atoms with van der Waals surface area (Å²) in [5.74, 6) is 1.04. The standard InChI is InChI=1S/C9H21NO2S/c1-8(6-12-2)10-9(4-5-11)7-13-3/h8-11H,4-7H2,1-3H3. The maximum atomic E-state index is 8.83. The molecule has 0 aromatic heterocycles. The van der Waals surface area contributed by atoms with Gasteiger partial charge in [-0.3, -0.25) is 0 Å². The summed E-state index contributed by atoms with van der Waals surface area (Å²) >= 11 is 1.80. The number of methoxy groups -OCH3 is 1. The lowest BCUT2D eigenvalue weighted by Crippen LogP contribution is -2.41. The van der Waals surface area contributed by atoms with E-state index in [1.54, 1.807) is 18.9 Å². The first-order valence-corrected chi connectivity index (χ1v) is 5.98. The minimum atomic E-state index is 0.248. The molecule has 4 heteroatoms. The number of hydrogen-bond acceptors (Lipinski definition) is 4. The van der Waals surface area contributed by atoms with E-state index in [1.165, 1.54) is 0 Å². The highest BCUT2D eigenvalue weighted by atomic mass is 32.2. The van der Waals surface area contributed by atoms with E-state index in [0.29, 0.717) is 12.1 Å². The fourth-order valence-electron chi connectivity index (χ4n) is 1.27. The van der Waals surface area contributed by atoms with Gasteiger partial charge in [-0.1, -0.05) is 0 Å². The van der Waals surface area contributed by atoms with Crippen molar-refractivity contribution in [3.05, 3.63) is 0 Å². The molecular formula is C9H21NO2S. The topological polar surface area (TPSA) is 41.5 Å². The fraction of sp³-hybridized carbons (Fsp3) is 1.00. The average molecular weight is 207 g/mol. The molecule has 0 aromatic rings. The number of aliphatic hydroxyl groups excluding tert-OH is 1. The minimum Gasteiger partial charge on any atom is -0.396 e. The molecule has 3 nitrogen and oxygen atoms in total. The lowest BCUT2D eigenvalue weighted by Gasteiger charge is -2.21. The molecule has 0 amide bonds. The van der Waals surface area contributed by atoms with Crippen LogP contribution in [-0.2, 0) is 4.74 Å². The van der Waals surface area contributed by atoms with Crippen LogP contribution in [0.1, 0.15) is 13.3 Å². The van der Waals surface area contributed by atoms with Crippen LogP contribution in [0.25, 0.3) is 0 Å². The quantitative estimate of drug-likeness (QED) is 0.615. The van der Waals surface area contributed by atoms with E-state index >= 15 is 0 Å². The van der Waals surface area contributed by atoms with Gasteiger partial charge in [0.25, 0.3) is 0 Å². The van der Waals surface area contributed by atoms with E-state index in [2.05, 4.69) is 18.5 Å². The second-order valence-electron chi connectivity index (χ2n) is 3.19. The molecule has 0 spiro atoms. The summed E-state index contributed by atoms with van der Waals surface area (Å²) in [6, 6.07) is 0.749. The largest absolute Gasteiger partial charge is 0.396 e. The molecule has 0 aromatic carbocycles. The first-order chi connectivity index (χ1) is 6.24. The highest BCUT2D eigenvalue weighted by Gasteiger charge is 2.10. The van der Waals surface area contributed by atoms with Gasteiger partial charge in [-0.2, -0.15) is 11.8 Å². The summed E-state index contributed by atoms with van der Waals surface area (Å²) in [5, 5.41) is 12.2. The molecule has 0 aliphatic carbocycles. The van der Waals surface area contributed by atoms with Gasteiger partial charge in [-0.15, -0.1) is 0 Å². The van der Waals surface area contributed by atoms with Gasteiger partial charge in [-0.25, -0.2) is 0 Å².